The van der Waals surface area contributed by atoms with Crippen LogP contribution < -0.4 is 5.32 Å². The molecule has 0 spiro atoms. The maximum absolute atomic E-state index is 11.4. The first-order chi connectivity index (χ1) is 6.63. The predicted octanol–water partition coefficient (Wildman–Crippen LogP) is 2.72. The average molecular weight is 320 g/mol. The second-order valence-electron chi connectivity index (χ2n) is 2.53. The standard InChI is InChI=1S/C10H7ClINO/c1-2-9(12)10(14)13-8-5-3-4-7(11)6-8/h1,3-6,9H,(H,13,14). The summed E-state index contributed by atoms with van der Waals surface area (Å²) >= 11 is 7.63. The average Bonchev–Trinajstić information content (AvgIpc) is 2.16. The van der Waals surface area contributed by atoms with Crippen molar-refractivity contribution in [2.24, 2.45) is 0 Å². The van der Waals surface area contributed by atoms with Crippen LogP contribution in [-0.2, 0) is 4.79 Å². The first-order valence-electron chi connectivity index (χ1n) is 3.80. The molecule has 14 heavy (non-hydrogen) atoms. The number of anilines is 1. The molecule has 0 saturated heterocycles. The van der Waals surface area contributed by atoms with Crippen LogP contribution in [0.5, 0.6) is 0 Å². The van der Waals surface area contributed by atoms with Crippen LogP contribution in [0.25, 0.3) is 0 Å². The van der Waals surface area contributed by atoms with Gasteiger partial charge in [0.1, 0.15) is 0 Å². The van der Waals surface area contributed by atoms with E-state index < -0.39 is 3.92 Å². The zero-order valence-corrected chi connectivity index (χ0v) is 10.0. The van der Waals surface area contributed by atoms with Crippen LogP contribution in [0.2, 0.25) is 5.02 Å². The van der Waals surface area contributed by atoms with Crippen molar-refractivity contribution in [2.75, 3.05) is 5.32 Å². The van der Waals surface area contributed by atoms with Gasteiger partial charge in [0.2, 0.25) is 5.91 Å². The molecule has 2 nitrogen and oxygen atoms in total. The molecule has 1 rings (SSSR count). The van der Waals surface area contributed by atoms with Crippen molar-refractivity contribution in [3.8, 4) is 12.3 Å². The highest BCUT2D eigenvalue weighted by Crippen LogP contribution is 2.15. The summed E-state index contributed by atoms with van der Waals surface area (Å²) < 4.78 is -0.466. The van der Waals surface area contributed by atoms with Crippen molar-refractivity contribution in [1.29, 1.82) is 0 Å². The highest BCUT2D eigenvalue weighted by atomic mass is 127. The summed E-state index contributed by atoms with van der Waals surface area (Å²) in [4.78, 5) is 11.4. The molecule has 1 amide bonds. The number of rotatable bonds is 2. The summed E-state index contributed by atoms with van der Waals surface area (Å²) in [5.41, 5.74) is 0.652. The monoisotopic (exact) mass is 319 g/mol. The molecule has 4 heteroatoms. The Morgan fingerprint density at radius 3 is 2.93 bits per heavy atom. The number of carbonyl (C=O) groups is 1. The zero-order chi connectivity index (χ0) is 10.6. The van der Waals surface area contributed by atoms with Crippen molar-refractivity contribution >= 4 is 45.8 Å². The maximum atomic E-state index is 11.4. The predicted molar refractivity (Wildman–Crippen MR) is 66.7 cm³/mol. The summed E-state index contributed by atoms with van der Waals surface area (Å²) in [5.74, 6) is 2.13. The van der Waals surface area contributed by atoms with Crippen LogP contribution in [0.1, 0.15) is 0 Å². The molecular formula is C10H7ClINO. The number of hydrogen-bond donors (Lipinski definition) is 1. The third kappa shape index (κ3) is 3.20. The lowest BCUT2D eigenvalue weighted by Crippen LogP contribution is -2.20. The Hall–Kier alpha value is -0.730. The molecule has 1 aromatic carbocycles. The lowest BCUT2D eigenvalue weighted by Gasteiger charge is -2.05. The lowest BCUT2D eigenvalue weighted by atomic mass is 10.3. The van der Waals surface area contributed by atoms with Gasteiger partial charge in [0.05, 0.1) is 0 Å². The van der Waals surface area contributed by atoms with Gasteiger partial charge < -0.3 is 5.32 Å². The summed E-state index contributed by atoms with van der Waals surface area (Å²) in [7, 11) is 0. The number of hydrogen-bond acceptors (Lipinski definition) is 1. The van der Waals surface area contributed by atoms with Gasteiger partial charge in [-0.05, 0) is 18.2 Å². The van der Waals surface area contributed by atoms with Gasteiger partial charge >= 0.3 is 0 Å². The number of benzene rings is 1. The summed E-state index contributed by atoms with van der Waals surface area (Å²) in [5, 5.41) is 3.24. The third-order valence-electron chi connectivity index (χ3n) is 1.47. The Balaban J connectivity index is 2.71. The normalized spacial score (nSPS) is 11.5. The van der Waals surface area contributed by atoms with E-state index in [2.05, 4.69) is 11.2 Å². The zero-order valence-electron chi connectivity index (χ0n) is 7.13. The second-order valence-corrected chi connectivity index (χ2v) is 4.21. The first-order valence-corrected chi connectivity index (χ1v) is 5.42. The van der Waals surface area contributed by atoms with Crippen molar-refractivity contribution < 1.29 is 4.79 Å². The second kappa shape index (κ2) is 5.23. The largest absolute Gasteiger partial charge is 0.324 e. The SMILES string of the molecule is C#CC(I)C(=O)Nc1cccc(Cl)c1. The number of halogens is 2. The van der Waals surface area contributed by atoms with Crippen LogP contribution in [0.4, 0.5) is 5.69 Å². The van der Waals surface area contributed by atoms with E-state index in [0.29, 0.717) is 10.7 Å². The fourth-order valence-corrected chi connectivity index (χ4v) is 1.19. The van der Waals surface area contributed by atoms with E-state index in [-0.39, 0.29) is 5.91 Å². The van der Waals surface area contributed by atoms with Gasteiger partial charge in [-0.3, -0.25) is 4.79 Å². The minimum absolute atomic E-state index is 0.213. The molecule has 1 unspecified atom stereocenters. The summed E-state index contributed by atoms with van der Waals surface area (Å²) in [6.07, 6.45) is 5.11. The molecule has 1 aromatic rings. The fraction of sp³-hybridized carbons (Fsp3) is 0.100. The Morgan fingerprint density at radius 1 is 1.64 bits per heavy atom. The number of terminal acetylenes is 1. The first kappa shape index (κ1) is 11.3. The summed E-state index contributed by atoms with van der Waals surface area (Å²) in [6.45, 7) is 0. The van der Waals surface area contributed by atoms with Gasteiger partial charge in [-0.25, -0.2) is 0 Å². The molecule has 0 radical (unpaired) electrons. The minimum Gasteiger partial charge on any atom is -0.324 e. The smallest absolute Gasteiger partial charge is 0.249 e. The molecule has 0 heterocycles. The van der Waals surface area contributed by atoms with E-state index in [1.807, 2.05) is 22.6 Å². The van der Waals surface area contributed by atoms with E-state index in [9.17, 15) is 4.79 Å². The molecule has 0 aliphatic carbocycles. The van der Waals surface area contributed by atoms with E-state index in [1.165, 1.54) is 0 Å². The van der Waals surface area contributed by atoms with Crippen molar-refractivity contribution in [3.63, 3.8) is 0 Å². The van der Waals surface area contributed by atoms with E-state index in [0.717, 1.165) is 0 Å². The number of alkyl halides is 1. The third-order valence-corrected chi connectivity index (χ3v) is 2.63. The van der Waals surface area contributed by atoms with Gasteiger partial charge in [0, 0.05) is 10.7 Å². The Morgan fingerprint density at radius 2 is 2.36 bits per heavy atom. The topological polar surface area (TPSA) is 29.1 Å². The quantitative estimate of drug-likeness (QED) is 0.507. The van der Waals surface area contributed by atoms with Crippen LogP contribution in [0.3, 0.4) is 0 Å². The van der Waals surface area contributed by atoms with Crippen LogP contribution in [0.15, 0.2) is 24.3 Å². The molecule has 1 atom stereocenters. The molecule has 72 valence electrons. The van der Waals surface area contributed by atoms with Crippen LogP contribution >= 0.6 is 34.2 Å². The molecule has 0 saturated carbocycles. The van der Waals surface area contributed by atoms with Crippen LogP contribution in [-0.4, -0.2) is 9.83 Å². The molecular weight excluding hydrogens is 312 g/mol. The number of nitrogens with one attached hydrogen (secondary N) is 1. The van der Waals surface area contributed by atoms with Crippen molar-refractivity contribution in [3.05, 3.63) is 29.3 Å². The molecule has 1 N–H and O–H groups in total. The fourth-order valence-electron chi connectivity index (χ4n) is 0.848. The van der Waals surface area contributed by atoms with E-state index in [1.54, 1.807) is 24.3 Å². The number of amides is 1. The molecule has 0 aliphatic heterocycles. The van der Waals surface area contributed by atoms with E-state index >= 15 is 0 Å². The maximum Gasteiger partial charge on any atom is 0.249 e. The molecule has 0 bridgehead atoms. The van der Waals surface area contributed by atoms with E-state index in [4.69, 9.17) is 18.0 Å². The van der Waals surface area contributed by atoms with Crippen molar-refractivity contribution in [2.45, 2.75) is 3.92 Å². The van der Waals surface area contributed by atoms with Crippen LogP contribution in [0, 0.1) is 12.3 Å². The van der Waals surface area contributed by atoms with Gasteiger partial charge in [-0.2, -0.15) is 0 Å². The number of carbonyl (C=O) groups excluding carboxylic acids is 1. The Bertz CT molecular complexity index is 386. The minimum atomic E-state index is -0.466. The molecule has 0 aromatic heterocycles. The van der Waals surface area contributed by atoms with Gasteiger partial charge in [-0.1, -0.05) is 46.2 Å². The van der Waals surface area contributed by atoms with Gasteiger partial charge in [0.15, 0.2) is 3.92 Å². The Labute approximate surface area is 101 Å². The Kier molecular flexibility index (Phi) is 4.23. The van der Waals surface area contributed by atoms with Gasteiger partial charge in [-0.15, -0.1) is 6.42 Å². The highest BCUT2D eigenvalue weighted by Gasteiger charge is 2.10. The van der Waals surface area contributed by atoms with Crippen molar-refractivity contribution in [1.82, 2.24) is 0 Å². The van der Waals surface area contributed by atoms with Gasteiger partial charge in [0.25, 0.3) is 0 Å². The molecule has 0 fully saturated rings. The summed E-state index contributed by atoms with van der Waals surface area (Å²) in [6, 6.07) is 6.92. The highest BCUT2D eigenvalue weighted by molar-refractivity contribution is 14.1. The molecule has 0 aliphatic rings. The lowest BCUT2D eigenvalue weighted by molar-refractivity contribution is -0.114.